The summed E-state index contributed by atoms with van der Waals surface area (Å²) in [7, 11) is 2.15. The highest BCUT2D eigenvalue weighted by Gasteiger charge is 2.19. The fourth-order valence-corrected chi connectivity index (χ4v) is 4.24. The van der Waals surface area contributed by atoms with Crippen LogP contribution in [0.25, 0.3) is 0 Å². The molecule has 1 aliphatic rings. The zero-order chi connectivity index (χ0) is 15.4. The SMILES string of the molecule is CSc1c(NCCN2CCN(C)CC2)sc(C(N)=O)c1N. The zero-order valence-electron chi connectivity index (χ0n) is 12.5. The van der Waals surface area contributed by atoms with Gasteiger partial charge in [-0.15, -0.1) is 23.1 Å². The molecule has 1 aliphatic heterocycles. The molecule has 0 aliphatic carbocycles. The van der Waals surface area contributed by atoms with Crippen LogP contribution in [0, 0.1) is 0 Å². The van der Waals surface area contributed by atoms with Gasteiger partial charge in [0.05, 0.1) is 10.6 Å². The first-order valence-electron chi connectivity index (χ1n) is 6.93. The number of hydrogen-bond acceptors (Lipinski definition) is 7. The highest BCUT2D eigenvalue weighted by Crippen LogP contribution is 2.41. The Bertz CT molecular complexity index is 497. The molecule has 0 radical (unpaired) electrons. The molecule has 0 saturated carbocycles. The Morgan fingerprint density at radius 1 is 1.38 bits per heavy atom. The molecule has 118 valence electrons. The molecule has 5 N–H and O–H groups in total. The third kappa shape index (κ3) is 4.03. The van der Waals surface area contributed by atoms with Crippen molar-refractivity contribution in [3.63, 3.8) is 0 Å². The molecule has 0 spiro atoms. The Kier molecular flexibility index (Phi) is 5.74. The highest BCUT2D eigenvalue weighted by molar-refractivity contribution is 7.99. The van der Waals surface area contributed by atoms with Gasteiger partial charge in [0, 0.05) is 39.3 Å². The Morgan fingerprint density at radius 2 is 2.05 bits per heavy atom. The van der Waals surface area contributed by atoms with Crippen molar-refractivity contribution in [2.75, 3.05) is 63.6 Å². The van der Waals surface area contributed by atoms with Gasteiger partial charge in [0.1, 0.15) is 9.88 Å². The lowest BCUT2D eigenvalue weighted by Crippen LogP contribution is -2.45. The minimum atomic E-state index is -0.458. The van der Waals surface area contributed by atoms with E-state index in [4.69, 9.17) is 11.5 Å². The smallest absolute Gasteiger partial charge is 0.261 e. The Balaban J connectivity index is 1.91. The monoisotopic (exact) mass is 329 g/mol. The standard InChI is InChI=1S/C13H23N5OS2/c1-17-5-7-18(8-6-17)4-3-16-13-11(20-2)9(14)10(21-13)12(15)19/h16H,3-8,14H2,1-2H3,(H2,15,19). The Labute approximate surface area is 133 Å². The first-order valence-corrected chi connectivity index (χ1v) is 8.98. The van der Waals surface area contributed by atoms with Crippen LogP contribution >= 0.6 is 23.1 Å². The lowest BCUT2D eigenvalue weighted by Gasteiger charge is -2.32. The van der Waals surface area contributed by atoms with Crippen LogP contribution in [0.5, 0.6) is 0 Å². The summed E-state index contributed by atoms with van der Waals surface area (Å²) in [4.78, 5) is 17.5. The Hall–Kier alpha value is -0.960. The first-order chi connectivity index (χ1) is 10.0. The maximum Gasteiger partial charge on any atom is 0.261 e. The molecule has 0 atom stereocenters. The number of nitrogens with two attached hydrogens (primary N) is 2. The van der Waals surface area contributed by atoms with E-state index < -0.39 is 5.91 Å². The van der Waals surface area contributed by atoms with Gasteiger partial charge in [-0.05, 0) is 13.3 Å². The molecule has 0 unspecified atom stereocenters. The molecule has 1 aromatic heterocycles. The lowest BCUT2D eigenvalue weighted by atomic mass is 10.3. The van der Waals surface area contributed by atoms with Crippen molar-refractivity contribution in [3.05, 3.63) is 4.88 Å². The predicted molar refractivity (Wildman–Crippen MR) is 91.5 cm³/mol. The summed E-state index contributed by atoms with van der Waals surface area (Å²) in [5.74, 6) is -0.458. The van der Waals surface area contributed by atoms with Crippen molar-refractivity contribution in [1.29, 1.82) is 0 Å². The fourth-order valence-electron chi connectivity index (χ4n) is 2.33. The van der Waals surface area contributed by atoms with E-state index in [0.717, 1.165) is 49.2 Å². The Morgan fingerprint density at radius 3 is 2.62 bits per heavy atom. The molecule has 6 nitrogen and oxygen atoms in total. The van der Waals surface area contributed by atoms with Crippen LogP contribution in [0.4, 0.5) is 10.7 Å². The predicted octanol–water partition coefficient (Wildman–Crippen LogP) is 0.810. The van der Waals surface area contributed by atoms with Crippen molar-refractivity contribution < 1.29 is 4.79 Å². The molecule has 1 amide bonds. The van der Waals surface area contributed by atoms with Crippen LogP contribution in [0.15, 0.2) is 4.90 Å². The van der Waals surface area contributed by atoms with Gasteiger partial charge < -0.3 is 21.7 Å². The van der Waals surface area contributed by atoms with Crippen molar-refractivity contribution in [2.24, 2.45) is 5.73 Å². The van der Waals surface area contributed by atoms with Crippen molar-refractivity contribution in [3.8, 4) is 0 Å². The number of anilines is 2. The summed E-state index contributed by atoms with van der Waals surface area (Å²) in [6.45, 7) is 6.28. The summed E-state index contributed by atoms with van der Waals surface area (Å²) in [5.41, 5.74) is 11.8. The molecule has 2 rings (SSSR count). The molecule has 1 fully saturated rings. The van der Waals surface area contributed by atoms with Gasteiger partial charge in [-0.3, -0.25) is 9.69 Å². The van der Waals surface area contributed by atoms with Crippen LogP contribution in [0.1, 0.15) is 9.67 Å². The minimum absolute atomic E-state index is 0.446. The number of piperazine rings is 1. The number of nitrogens with zero attached hydrogens (tertiary/aromatic N) is 2. The summed E-state index contributed by atoms with van der Waals surface area (Å²) < 4.78 is 0. The quantitative estimate of drug-likeness (QED) is 0.670. The second-order valence-electron chi connectivity index (χ2n) is 5.14. The van der Waals surface area contributed by atoms with Gasteiger partial charge >= 0.3 is 0 Å². The largest absolute Gasteiger partial charge is 0.396 e. The number of nitrogen functional groups attached to an aromatic ring is 1. The van der Waals surface area contributed by atoms with E-state index in [-0.39, 0.29) is 0 Å². The third-order valence-electron chi connectivity index (χ3n) is 3.64. The maximum atomic E-state index is 11.4. The molecular formula is C13H23N5OS2. The minimum Gasteiger partial charge on any atom is -0.396 e. The molecule has 0 aromatic carbocycles. The average Bonchev–Trinajstić information content (AvgIpc) is 2.77. The number of nitrogens with one attached hydrogen (secondary N) is 1. The first kappa shape index (κ1) is 16.4. The van der Waals surface area contributed by atoms with Crippen LogP contribution in [-0.2, 0) is 0 Å². The number of carbonyl (C=O) groups excluding carboxylic acids is 1. The van der Waals surface area contributed by atoms with Crippen LogP contribution in [-0.4, -0.2) is 68.3 Å². The van der Waals surface area contributed by atoms with Crippen LogP contribution in [0.3, 0.4) is 0 Å². The summed E-state index contributed by atoms with van der Waals surface area (Å²) in [5, 5.41) is 4.34. The number of likely N-dealkylation sites (N-methyl/N-ethyl adjacent to an activating group) is 1. The second kappa shape index (κ2) is 7.35. The number of thiophene rings is 1. The number of rotatable bonds is 6. The van der Waals surface area contributed by atoms with E-state index in [1.54, 1.807) is 11.8 Å². The molecule has 1 aromatic rings. The molecule has 1 saturated heterocycles. The van der Waals surface area contributed by atoms with Gasteiger partial charge in [0.15, 0.2) is 0 Å². The summed E-state index contributed by atoms with van der Waals surface area (Å²) in [6, 6.07) is 0. The van der Waals surface area contributed by atoms with Gasteiger partial charge in [-0.1, -0.05) is 0 Å². The van der Waals surface area contributed by atoms with E-state index in [0.29, 0.717) is 10.6 Å². The zero-order valence-corrected chi connectivity index (χ0v) is 14.1. The van der Waals surface area contributed by atoms with Crippen molar-refractivity contribution in [1.82, 2.24) is 9.80 Å². The normalized spacial score (nSPS) is 17.0. The van der Waals surface area contributed by atoms with Crippen molar-refractivity contribution >= 4 is 39.7 Å². The molecule has 21 heavy (non-hydrogen) atoms. The van der Waals surface area contributed by atoms with E-state index >= 15 is 0 Å². The number of primary amides is 1. The van der Waals surface area contributed by atoms with Crippen LogP contribution in [0.2, 0.25) is 0 Å². The number of hydrogen-bond donors (Lipinski definition) is 3. The van der Waals surface area contributed by atoms with Gasteiger partial charge in [0.2, 0.25) is 0 Å². The number of carbonyl (C=O) groups is 1. The van der Waals surface area contributed by atoms with E-state index in [9.17, 15) is 4.79 Å². The molecule has 8 heteroatoms. The topological polar surface area (TPSA) is 87.6 Å². The van der Waals surface area contributed by atoms with Gasteiger partial charge in [0.25, 0.3) is 5.91 Å². The third-order valence-corrected chi connectivity index (χ3v) is 5.78. The van der Waals surface area contributed by atoms with Gasteiger partial charge in [-0.2, -0.15) is 0 Å². The molecular weight excluding hydrogens is 306 g/mol. The van der Waals surface area contributed by atoms with Gasteiger partial charge in [-0.25, -0.2) is 0 Å². The number of thioether (sulfide) groups is 1. The highest BCUT2D eigenvalue weighted by atomic mass is 32.2. The average molecular weight is 329 g/mol. The number of amides is 1. The van der Waals surface area contributed by atoms with E-state index in [2.05, 4.69) is 22.2 Å². The molecule has 0 bridgehead atoms. The van der Waals surface area contributed by atoms with E-state index in [1.807, 2.05) is 6.26 Å². The molecule has 2 heterocycles. The van der Waals surface area contributed by atoms with E-state index in [1.165, 1.54) is 11.3 Å². The fraction of sp³-hybridized carbons (Fsp3) is 0.615. The lowest BCUT2D eigenvalue weighted by molar-refractivity contribution is 0.100. The summed E-state index contributed by atoms with van der Waals surface area (Å²) in [6.07, 6.45) is 1.95. The van der Waals surface area contributed by atoms with Crippen LogP contribution < -0.4 is 16.8 Å². The second-order valence-corrected chi connectivity index (χ2v) is 6.98. The maximum absolute atomic E-state index is 11.4. The summed E-state index contributed by atoms with van der Waals surface area (Å²) >= 11 is 2.89. The van der Waals surface area contributed by atoms with Crippen molar-refractivity contribution in [2.45, 2.75) is 4.90 Å².